The normalized spacial score (nSPS) is 13.3. The van der Waals surface area contributed by atoms with E-state index in [4.69, 9.17) is 4.74 Å². The van der Waals surface area contributed by atoms with Crippen LogP contribution in [0.3, 0.4) is 0 Å². The molecule has 366 valence electrons. The lowest BCUT2D eigenvalue weighted by atomic mass is 10.0. The molecule has 0 aromatic carbocycles. The zero-order chi connectivity index (χ0) is 45.2. The molecule has 0 aliphatic rings. The van der Waals surface area contributed by atoms with Crippen LogP contribution in [0.2, 0.25) is 0 Å². The monoisotopic (exact) mass is 874 g/mol. The third-order valence-electron chi connectivity index (χ3n) is 12.8. The van der Waals surface area contributed by atoms with Crippen LogP contribution >= 0.6 is 0 Å². The summed E-state index contributed by atoms with van der Waals surface area (Å²) in [5.74, 6) is -0.465. The number of allylic oxidation sites excluding steroid dienone is 4. The fourth-order valence-electron chi connectivity index (χ4n) is 8.58. The minimum Gasteiger partial charge on any atom is -0.462 e. The first kappa shape index (κ1) is 60.3. The number of amides is 1. The van der Waals surface area contributed by atoms with E-state index >= 15 is 0 Å². The van der Waals surface area contributed by atoms with E-state index in [1.807, 2.05) is 0 Å². The number of carbonyl (C=O) groups is 2. The summed E-state index contributed by atoms with van der Waals surface area (Å²) in [5.41, 5.74) is 0. The lowest BCUT2D eigenvalue weighted by Crippen LogP contribution is -2.46. The fraction of sp³-hybridized carbons (Fsp3) is 0.893. The Kier molecular flexibility index (Phi) is 49.0. The molecule has 3 N–H and O–H groups in total. The van der Waals surface area contributed by atoms with Crippen molar-refractivity contribution in [3.63, 3.8) is 0 Å². The second-order valence-electron chi connectivity index (χ2n) is 19.0. The first-order valence-electron chi connectivity index (χ1n) is 27.6. The predicted molar refractivity (Wildman–Crippen MR) is 269 cm³/mol. The average molecular weight is 874 g/mol. The number of esters is 1. The Morgan fingerprint density at radius 3 is 1.26 bits per heavy atom. The molecule has 6 nitrogen and oxygen atoms in total. The summed E-state index contributed by atoms with van der Waals surface area (Å²) in [7, 11) is 0. The Morgan fingerprint density at radius 1 is 0.468 bits per heavy atom. The SMILES string of the molecule is CCCCC/C=C\C/C=C\CCCCCCCCCC(CC(=O)NC(CO)C(O)CCCCCCCCCCCCCCCC)OC(=O)CCCCCCCCCCCCCC. The number of hydrogen-bond acceptors (Lipinski definition) is 5. The molecule has 0 heterocycles. The standard InChI is InChI=1S/C56H107NO5/c1-4-7-10-13-16-19-22-25-27-28-29-30-32-35-38-41-44-47-52(62-56(61)49-46-43-40-37-34-24-21-18-15-12-9-6-3)50-55(60)57-53(51-58)54(59)48-45-42-39-36-33-31-26-23-20-17-14-11-8-5-2/h16,19,25,27,52-54,58-59H,4-15,17-18,20-24,26,28-51H2,1-3H3,(H,57,60)/b19-16-,27-25-. The van der Waals surface area contributed by atoms with Crippen molar-refractivity contribution in [3.05, 3.63) is 24.3 Å². The molecule has 62 heavy (non-hydrogen) atoms. The molecule has 1 amide bonds. The van der Waals surface area contributed by atoms with E-state index in [0.29, 0.717) is 19.3 Å². The predicted octanol–water partition coefficient (Wildman–Crippen LogP) is 16.7. The molecule has 0 bridgehead atoms. The number of aliphatic hydroxyl groups is 2. The highest BCUT2D eigenvalue weighted by Gasteiger charge is 2.24. The van der Waals surface area contributed by atoms with Crippen LogP contribution in [0.25, 0.3) is 0 Å². The van der Waals surface area contributed by atoms with Crippen LogP contribution in [-0.4, -0.2) is 46.9 Å². The zero-order valence-electron chi connectivity index (χ0n) is 41.8. The number of hydrogen-bond donors (Lipinski definition) is 3. The van der Waals surface area contributed by atoms with Gasteiger partial charge in [-0.2, -0.15) is 0 Å². The third-order valence-corrected chi connectivity index (χ3v) is 12.8. The van der Waals surface area contributed by atoms with Crippen LogP contribution in [0, 0.1) is 0 Å². The van der Waals surface area contributed by atoms with Gasteiger partial charge < -0.3 is 20.3 Å². The summed E-state index contributed by atoms with van der Waals surface area (Å²) in [5, 5.41) is 23.8. The van der Waals surface area contributed by atoms with Crippen molar-refractivity contribution in [1.29, 1.82) is 0 Å². The number of ether oxygens (including phenoxy) is 1. The van der Waals surface area contributed by atoms with Crippen LogP contribution in [0.5, 0.6) is 0 Å². The minimum absolute atomic E-state index is 0.0778. The first-order chi connectivity index (χ1) is 30.5. The van der Waals surface area contributed by atoms with E-state index in [9.17, 15) is 19.8 Å². The average Bonchev–Trinajstić information content (AvgIpc) is 3.26. The number of aliphatic hydroxyl groups excluding tert-OH is 2. The topological polar surface area (TPSA) is 95.9 Å². The second-order valence-corrected chi connectivity index (χ2v) is 19.0. The quantitative estimate of drug-likeness (QED) is 0.0321. The number of rotatable bonds is 50. The molecule has 0 saturated heterocycles. The molecule has 0 saturated carbocycles. The molecule has 0 aromatic rings. The molecular formula is C56H107NO5. The van der Waals surface area contributed by atoms with Gasteiger partial charge in [0.1, 0.15) is 6.10 Å². The third kappa shape index (κ3) is 44.9. The van der Waals surface area contributed by atoms with Crippen molar-refractivity contribution in [3.8, 4) is 0 Å². The van der Waals surface area contributed by atoms with E-state index in [1.165, 1.54) is 186 Å². The van der Waals surface area contributed by atoms with Gasteiger partial charge in [0, 0.05) is 6.42 Å². The van der Waals surface area contributed by atoms with Crippen LogP contribution in [0.1, 0.15) is 297 Å². The van der Waals surface area contributed by atoms with Crippen LogP contribution in [0.4, 0.5) is 0 Å². The van der Waals surface area contributed by atoms with Crippen molar-refractivity contribution in [2.45, 2.75) is 315 Å². The number of unbranched alkanes of at least 4 members (excludes halogenated alkanes) is 34. The van der Waals surface area contributed by atoms with Crippen molar-refractivity contribution < 1.29 is 24.5 Å². The van der Waals surface area contributed by atoms with Gasteiger partial charge in [0.05, 0.1) is 25.2 Å². The van der Waals surface area contributed by atoms with Gasteiger partial charge in [-0.1, -0.05) is 251 Å². The highest BCUT2D eigenvalue weighted by Crippen LogP contribution is 2.18. The first-order valence-corrected chi connectivity index (χ1v) is 27.6. The Hall–Kier alpha value is -1.66. The number of carbonyl (C=O) groups excluding carboxylic acids is 2. The van der Waals surface area contributed by atoms with Gasteiger partial charge in [0.15, 0.2) is 0 Å². The van der Waals surface area contributed by atoms with Gasteiger partial charge in [-0.05, 0) is 57.8 Å². The highest BCUT2D eigenvalue weighted by molar-refractivity contribution is 5.77. The fourth-order valence-corrected chi connectivity index (χ4v) is 8.58. The lowest BCUT2D eigenvalue weighted by molar-refractivity contribution is -0.151. The summed E-state index contributed by atoms with van der Waals surface area (Å²) in [4.78, 5) is 26.2. The van der Waals surface area contributed by atoms with E-state index < -0.39 is 18.2 Å². The summed E-state index contributed by atoms with van der Waals surface area (Å²) < 4.78 is 5.95. The van der Waals surface area contributed by atoms with E-state index in [-0.39, 0.29) is 24.9 Å². The Labute approximate surface area is 386 Å². The van der Waals surface area contributed by atoms with Crippen LogP contribution < -0.4 is 5.32 Å². The maximum Gasteiger partial charge on any atom is 0.306 e. The van der Waals surface area contributed by atoms with Gasteiger partial charge >= 0.3 is 5.97 Å². The maximum atomic E-state index is 13.2. The summed E-state index contributed by atoms with van der Waals surface area (Å²) in [6.45, 7) is 6.48. The van der Waals surface area contributed by atoms with Gasteiger partial charge in [-0.3, -0.25) is 9.59 Å². The molecule has 0 aromatic heterocycles. The molecule has 0 fully saturated rings. The molecule has 6 heteroatoms. The minimum atomic E-state index is -0.786. The molecule has 0 aliphatic carbocycles. The summed E-state index contributed by atoms with van der Waals surface area (Å²) in [6, 6.07) is -0.700. The van der Waals surface area contributed by atoms with Gasteiger partial charge in [-0.15, -0.1) is 0 Å². The molecule has 0 aliphatic heterocycles. The zero-order valence-corrected chi connectivity index (χ0v) is 41.8. The van der Waals surface area contributed by atoms with E-state index in [0.717, 1.165) is 64.2 Å². The summed E-state index contributed by atoms with van der Waals surface area (Å²) in [6.07, 6.45) is 58.0. The van der Waals surface area contributed by atoms with E-state index in [1.54, 1.807) is 0 Å². The van der Waals surface area contributed by atoms with Crippen LogP contribution in [-0.2, 0) is 14.3 Å². The molecule has 3 atom stereocenters. The maximum absolute atomic E-state index is 13.2. The Morgan fingerprint density at radius 2 is 0.823 bits per heavy atom. The van der Waals surface area contributed by atoms with Crippen molar-refractivity contribution in [2.24, 2.45) is 0 Å². The lowest BCUT2D eigenvalue weighted by Gasteiger charge is -2.24. The Balaban J connectivity index is 4.54. The van der Waals surface area contributed by atoms with E-state index in [2.05, 4.69) is 50.4 Å². The largest absolute Gasteiger partial charge is 0.462 e. The highest BCUT2D eigenvalue weighted by atomic mass is 16.5. The van der Waals surface area contributed by atoms with Crippen molar-refractivity contribution in [1.82, 2.24) is 5.32 Å². The van der Waals surface area contributed by atoms with Gasteiger partial charge in [0.25, 0.3) is 0 Å². The molecule has 3 unspecified atom stereocenters. The summed E-state index contributed by atoms with van der Waals surface area (Å²) >= 11 is 0. The van der Waals surface area contributed by atoms with Crippen molar-refractivity contribution in [2.75, 3.05) is 6.61 Å². The molecule has 0 radical (unpaired) electrons. The van der Waals surface area contributed by atoms with Gasteiger partial charge in [0.2, 0.25) is 5.91 Å². The molecular weight excluding hydrogens is 767 g/mol. The number of nitrogens with one attached hydrogen (secondary N) is 1. The molecule has 0 rings (SSSR count). The second kappa shape index (κ2) is 50.3. The van der Waals surface area contributed by atoms with Crippen molar-refractivity contribution >= 4 is 11.9 Å². The Bertz CT molecular complexity index is 981. The smallest absolute Gasteiger partial charge is 0.306 e. The van der Waals surface area contributed by atoms with Gasteiger partial charge in [-0.25, -0.2) is 0 Å². The van der Waals surface area contributed by atoms with Crippen LogP contribution in [0.15, 0.2) is 24.3 Å². The molecule has 0 spiro atoms.